The minimum atomic E-state index is -0.662. The molecular formula is C14H23N3O2S. The molecule has 0 aromatic carbocycles. The SMILES string of the molecule is CCNC(C)(CC(C)Sc1ccncn1)C(=O)OCC. The molecule has 2 unspecified atom stereocenters. The minimum absolute atomic E-state index is 0.197. The first-order chi connectivity index (χ1) is 9.51. The fourth-order valence-electron chi connectivity index (χ4n) is 2.08. The maximum Gasteiger partial charge on any atom is 0.326 e. The van der Waals surface area contributed by atoms with Gasteiger partial charge in [0.15, 0.2) is 0 Å². The van der Waals surface area contributed by atoms with Crippen molar-refractivity contribution < 1.29 is 9.53 Å². The van der Waals surface area contributed by atoms with Gasteiger partial charge in [0, 0.05) is 11.4 Å². The van der Waals surface area contributed by atoms with Crippen molar-refractivity contribution in [2.75, 3.05) is 13.2 Å². The molecule has 0 fully saturated rings. The molecular weight excluding hydrogens is 274 g/mol. The van der Waals surface area contributed by atoms with Gasteiger partial charge < -0.3 is 10.1 Å². The highest BCUT2D eigenvalue weighted by Gasteiger charge is 2.35. The molecule has 1 aromatic rings. The number of ether oxygens (including phenoxy) is 1. The van der Waals surface area contributed by atoms with Crippen molar-refractivity contribution >= 4 is 17.7 Å². The maximum atomic E-state index is 12.1. The summed E-state index contributed by atoms with van der Waals surface area (Å²) < 4.78 is 5.17. The Labute approximate surface area is 124 Å². The molecule has 20 heavy (non-hydrogen) atoms. The fraction of sp³-hybridized carbons (Fsp3) is 0.643. The topological polar surface area (TPSA) is 64.1 Å². The van der Waals surface area contributed by atoms with E-state index in [9.17, 15) is 4.79 Å². The summed E-state index contributed by atoms with van der Waals surface area (Å²) in [7, 11) is 0. The van der Waals surface area contributed by atoms with Gasteiger partial charge in [-0.1, -0.05) is 13.8 Å². The molecule has 0 saturated carbocycles. The van der Waals surface area contributed by atoms with Crippen LogP contribution >= 0.6 is 11.8 Å². The number of esters is 1. The molecule has 2 atom stereocenters. The van der Waals surface area contributed by atoms with Crippen molar-refractivity contribution in [1.82, 2.24) is 15.3 Å². The zero-order valence-corrected chi connectivity index (χ0v) is 13.4. The van der Waals surface area contributed by atoms with E-state index in [1.807, 2.05) is 26.8 Å². The lowest BCUT2D eigenvalue weighted by Crippen LogP contribution is -2.51. The Bertz CT molecular complexity index is 416. The van der Waals surface area contributed by atoms with Crippen LogP contribution in [0.3, 0.4) is 0 Å². The lowest BCUT2D eigenvalue weighted by atomic mass is 9.96. The third-order valence-electron chi connectivity index (χ3n) is 2.87. The standard InChI is InChI=1S/C14H23N3O2S/c1-5-17-14(4,13(18)19-6-2)9-11(3)20-12-7-8-15-10-16-12/h7-8,10-11,17H,5-6,9H2,1-4H3. The first-order valence-electron chi connectivity index (χ1n) is 6.86. The number of rotatable bonds is 8. The van der Waals surface area contributed by atoms with Crippen molar-refractivity contribution in [1.29, 1.82) is 0 Å². The molecule has 0 amide bonds. The Morgan fingerprint density at radius 2 is 2.30 bits per heavy atom. The number of hydrogen-bond acceptors (Lipinski definition) is 6. The van der Waals surface area contributed by atoms with Gasteiger partial charge >= 0.3 is 5.97 Å². The maximum absolute atomic E-state index is 12.1. The van der Waals surface area contributed by atoms with Crippen molar-refractivity contribution in [2.24, 2.45) is 0 Å². The minimum Gasteiger partial charge on any atom is -0.465 e. The second-order valence-electron chi connectivity index (χ2n) is 4.76. The number of likely N-dealkylation sites (N-methyl/N-ethyl adjacent to an activating group) is 1. The molecule has 1 aromatic heterocycles. The van der Waals surface area contributed by atoms with Crippen LogP contribution < -0.4 is 5.32 Å². The molecule has 0 aliphatic heterocycles. The predicted octanol–water partition coefficient (Wildman–Crippen LogP) is 2.28. The van der Waals surface area contributed by atoms with Crippen LogP contribution in [0.2, 0.25) is 0 Å². The Balaban J connectivity index is 2.67. The van der Waals surface area contributed by atoms with Gasteiger partial charge in [-0.3, -0.25) is 4.79 Å². The van der Waals surface area contributed by atoms with Crippen LogP contribution in [0.5, 0.6) is 0 Å². The van der Waals surface area contributed by atoms with Crippen molar-refractivity contribution in [3.8, 4) is 0 Å². The lowest BCUT2D eigenvalue weighted by molar-refractivity contribution is -0.150. The zero-order valence-electron chi connectivity index (χ0n) is 12.5. The largest absolute Gasteiger partial charge is 0.465 e. The monoisotopic (exact) mass is 297 g/mol. The van der Waals surface area contributed by atoms with Crippen LogP contribution in [0.25, 0.3) is 0 Å². The van der Waals surface area contributed by atoms with E-state index < -0.39 is 5.54 Å². The van der Waals surface area contributed by atoms with Crippen LogP contribution in [0.1, 0.15) is 34.1 Å². The fourth-order valence-corrected chi connectivity index (χ4v) is 3.16. The van der Waals surface area contributed by atoms with E-state index in [2.05, 4.69) is 22.2 Å². The van der Waals surface area contributed by atoms with Crippen molar-refractivity contribution in [3.63, 3.8) is 0 Å². The van der Waals surface area contributed by atoms with Crippen molar-refractivity contribution in [3.05, 3.63) is 18.6 Å². The molecule has 5 nitrogen and oxygen atoms in total. The normalized spacial score (nSPS) is 15.4. The van der Waals surface area contributed by atoms with Gasteiger partial charge in [0.25, 0.3) is 0 Å². The summed E-state index contributed by atoms with van der Waals surface area (Å²) in [6, 6.07) is 1.87. The van der Waals surface area contributed by atoms with Crippen LogP contribution in [-0.2, 0) is 9.53 Å². The summed E-state index contributed by atoms with van der Waals surface area (Å²) in [5.41, 5.74) is -0.662. The number of carbonyl (C=O) groups excluding carboxylic acids is 1. The van der Waals surface area contributed by atoms with Crippen LogP contribution in [0.15, 0.2) is 23.6 Å². The molecule has 0 bridgehead atoms. The quantitative estimate of drug-likeness (QED) is 0.451. The summed E-state index contributed by atoms with van der Waals surface area (Å²) in [4.78, 5) is 20.2. The lowest BCUT2D eigenvalue weighted by Gasteiger charge is -2.30. The molecule has 0 saturated heterocycles. The second kappa shape index (κ2) is 8.21. The highest BCUT2D eigenvalue weighted by atomic mass is 32.2. The summed E-state index contributed by atoms with van der Waals surface area (Å²) in [6.45, 7) is 8.91. The van der Waals surface area contributed by atoms with Crippen LogP contribution in [0, 0.1) is 0 Å². The van der Waals surface area contributed by atoms with Gasteiger partial charge in [-0.2, -0.15) is 0 Å². The number of thioether (sulfide) groups is 1. The summed E-state index contributed by atoms with van der Waals surface area (Å²) in [6.07, 6.45) is 3.93. The zero-order chi connectivity index (χ0) is 15.0. The first-order valence-corrected chi connectivity index (χ1v) is 7.74. The third-order valence-corrected chi connectivity index (χ3v) is 3.92. The highest BCUT2D eigenvalue weighted by Crippen LogP contribution is 2.27. The van der Waals surface area contributed by atoms with E-state index in [0.29, 0.717) is 13.0 Å². The van der Waals surface area contributed by atoms with Gasteiger partial charge in [0.1, 0.15) is 11.9 Å². The Kier molecular flexibility index (Phi) is 6.95. The first kappa shape index (κ1) is 16.9. The molecule has 0 aliphatic carbocycles. The van der Waals surface area contributed by atoms with Gasteiger partial charge in [-0.05, 0) is 32.9 Å². The summed E-state index contributed by atoms with van der Waals surface area (Å²) in [5.74, 6) is -0.197. The molecule has 112 valence electrons. The molecule has 0 spiro atoms. The van der Waals surface area contributed by atoms with Crippen molar-refractivity contribution in [2.45, 2.75) is 49.9 Å². The third kappa shape index (κ3) is 5.09. The predicted molar refractivity (Wildman–Crippen MR) is 80.7 cm³/mol. The molecule has 0 radical (unpaired) electrons. The van der Waals surface area contributed by atoms with Gasteiger partial charge in [-0.15, -0.1) is 11.8 Å². The van der Waals surface area contributed by atoms with E-state index in [1.165, 1.54) is 6.33 Å². The van der Waals surface area contributed by atoms with E-state index in [-0.39, 0.29) is 11.2 Å². The Morgan fingerprint density at radius 1 is 1.55 bits per heavy atom. The Morgan fingerprint density at radius 3 is 2.85 bits per heavy atom. The average molecular weight is 297 g/mol. The van der Waals surface area contributed by atoms with E-state index in [1.54, 1.807) is 18.0 Å². The number of nitrogens with zero attached hydrogens (tertiary/aromatic N) is 2. The second-order valence-corrected chi connectivity index (χ2v) is 6.22. The van der Waals surface area contributed by atoms with Gasteiger partial charge in [0.05, 0.1) is 11.6 Å². The van der Waals surface area contributed by atoms with Crippen LogP contribution in [-0.4, -0.2) is 39.9 Å². The van der Waals surface area contributed by atoms with Gasteiger partial charge in [0.2, 0.25) is 0 Å². The number of nitrogens with one attached hydrogen (secondary N) is 1. The number of carbonyl (C=O) groups is 1. The highest BCUT2D eigenvalue weighted by molar-refractivity contribution is 7.99. The molecule has 1 heterocycles. The summed E-state index contributed by atoms with van der Waals surface area (Å²) >= 11 is 1.63. The summed E-state index contributed by atoms with van der Waals surface area (Å²) in [5, 5.41) is 4.39. The Hall–Kier alpha value is -1.14. The molecule has 0 aliphatic rings. The number of aromatic nitrogens is 2. The van der Waals surface area contributed by atoms with E-state index in [0.717, 1.165) is 11.6 Å². The molecule has 1 N–H and O–H groups in total. The smallest absolute Gasteiger partial charge is 0.326 e. The van der Waals surface area contributed by atoms with E-state index in [4.69, 9.17) is 4.74 Å². The number of hydrogen-bond donors (Lipinski definition) is 1. The molecule has 1 rings (SSSR count). The van der Waals surface area contributed by atoms with Crippen LogP contribution in [0.4, 0.5) is 0 Å². The van der Waals surface area contributed by atoms with Gasteiger partial charge in [-0.25, -0.2) is 9.97 Å². The molecule has 6 heteroatoms. The average Bonchev–Trinajstić information content (AvgIpc) is 2.40. The van der Waals surface area contributed by atoms with E-state index >= 15 is 0 Å².